The second-order valence-corrected chi connectivity index (χ2v) is 10.4. The van der Waals surface area contributed by atoms with Crippen LogP contribution in [0.5, 0.6) is 0 Å². The molecule has 3 atom stereocenters. The summed E-state index contributed by atoms with van der Waals surface area (Å²) in [7, 11) is 1.76. The number of rotatable bonds is 7. The molecule has 0 radical (unpaired) electrons. The van der Waals surface area contributed by atoms with Crippen molar-refractivity contribution in [3.8, 4) is 5.82 Å². The van der Waals surface area contributed by atoms with Crippen LogP contribution in [0.15, 0.2) is 36.7 Å². The monoisotopic (exact) mass is 503 g/mol. The lowest BCUT2D eigenvalue weighted by Gasteiger charge is -2.35. The number of nitrogens with zero attached hydrogens (tertiary/aromatic N) is 5. The van der Waals surface area contributed by atoms with Crippen LogP contribution in [0.4, 0.5) is 0 Å². The summed E-state index contributed by atoms with van der Waals surface area (Å²) in [5.41, 5.74) is 2.72. The number of benzene rings is 1. The van der Waals surface area contributed by atoms with Gasteiger partial charge in [0.15, 0.2) is 0 Å². The molecule has 1 saturated carbocycles. The van der Waals surface area contributed by atoms with E-state index in [2.05, 4.69) is 20.6 Å². The van der Waals surface area contributed by atoms with Crippen molar-refractivity contribution in [3.05, 3.63) is 48.2 Å². The minimum absolute atomic E-state index is 0.0111. The highest BCUT2D eigenvalue weighted by atomic mass is 16.2. The molecule has 2 amide bonds. The zero-order valence-electron chi connectivity index (χ0n) is 22.0. The number of carbonyl (C=O) groups excluding carboxylic acids is 2. The van der Waals surface area contributed by atoms with E-state index in [1.807, 2.05) is 53.6 Å². The topological polar surface area (TPSA) is 105 Å². The van der Waals surface area contributed by atoms with Crippen LogP contribution in [0.1, 0.15) is 69.4 Å². The molecule has 3 heterocycles. The molecule has 1 aliphatic carbocycles. The van der Waals surface area contributed by atoms with E-state index in [0.717, 1.165) is 61.1 Å². The first-order valence-electron chi connectivity index (χ1n) is 13.5. The van der Waals surface area contributed by atoms with Gasteiger partial charge < -0.3 is 15.5 Å². The summed E-state index contributed by atoms with van der Waals surface area (Å²) >= 11 is 0. The van der Waals surface area contributed by atoms with Crippen molar-refractivity contribution >= 4 is 22.8 Å². The molecule has 2 aliphatic rings. The lowest BCUT2D eigenvalue weighted by Crippen LogP contribution is -2.55. The van der Waals surface area contributed by atoms with E-state index in [1.165, 1.54) is 6.42 Å². The maximum absolute atomic E-state index is 14.1. The first-order valence-corrected chi connectivity index (χ1v) is 13.5. The molecule has 1 saturated heterocycles. The SMILES string of the molecule is CNC(C)C(=O)NC(C(=O)N1CCCC1c1cc(-n2cnc3ccccc32)nc(C)n1)C1CCCCC1. The quantitative estimate of drug-likeness (QED) is 0.512. The third kappa shape index (κ3) is 5.23. The van der Waals surface area contributed by atoms with Crippen molar-refractivity contribution < 1.29 is 9.59 Å². The Morgan fingerprint density at radius 1 is 1.05 bits per heavy atom. The van der Waals surface area contributed by atoms with E-state index in [0.29, 0.717) is 12.4 Å². The van der Waals surface area contributed by atoms with Crippen LogP contribution in [0, 0.1) is 12.8 Å². The summed E-state index contributed by atoms with van der Waals surface area (Å²) in [5.74, 6) is 1.45. The molecular weight excluding hydrogens is 466 g/mol. The van der Waals surface area contributed by atoms with Crippen molar-refractivity contribution in [3.63, 3.8) is 0 Å². The zero-order chi connectivity index (χ0) is 25.9. The third-order valence-corrected chi connectivity index (χ3v) is 7.93. The van der Waals surface area contributed by atoms with Crippen LogP contribution in [-0.4, -0.2) is 61.9 Å². The normalized spacial score (nSPS) is 20.2. The fourth-order valence-corrected chi connectivity index (χ4v) is 5.79. The summed E-state index contributed by atoms with van der Waals surface area (Å²) in [6.07, 6.45) is 8.85. The van der Waals surface area contributed by atoms with Gasteiger partial charge in [0.2, 0.25) is 11.8 Å². The average Bonchev–Trinajstić information content (AvgIpc) is 3.59. The number of aromatic nitrogens is 4. The number of para-hydroxylation sites is 2. The number of fused-ring (bicyclic) bond motifs is 1. The lowest BCUT2D eigenvalue weighted by atomic mass is 9.83. The maximum Gasteiger partial charge on any atom is 0.246 e. The second kappa shape index (κ2) is 11.0. The summed E-state index contributed by atoms with van der Waals surface area (Å²) in [4.78, 5) is 42.9. The molecule has 3 aromatic rings. The van der Waals surface area contributed by atoms with Crippen molar-refractivity contribution in [2.45, 2.75) is 76.9 Å². The number of aryl methyl sites for hydroxylation is 1. The van der Waals surface area contributed by atoms with Gasteiger partial charge in [0.1, 0.15) is 24.0 Å². The van der Waals surface area contributed by atoms with E-state index >= 15 is 0 Å². The highest BCUT2D eigenvalue weighted by Crippen LogP contribution is 2.35. The van der Waals surface area contributed by atoms with Gasteiger partial charge in [-0.05, 0) is 64.6 Å². The fourth-order valence-electron chi connectivity index (χ4n) is 5.79. The maximum atomic E-state index is 14.1. The Morgan fingerprint density at radius 3 is 2.62 bits per heavy atom. The molecule has 1 aliphatic heterocycles. The summed E-state index contributed by atoms with van der Waals surface area (Å²) in [5, 5.41) is 6.11. The minimum atomic E-state index is -0.510. The Balaban J connectivity index is 1.44. The molecule has 1 aromatic carbocycles. The number of imidazole rings is 1. The summed E-state index contributed by atoms with van der Waals surface area (Å²) in [6.45, 7) is 4.37. The first-order chi connectivity index (χ1) is 18.0. The largest absolute Gasteiger partial charge is 0.343 e. The highest BCUT2D eigenvalue weighted by Gasteiger charge is 2.39. The molecular formula is C28H37N7O2. The van der Waals surface area contributed by atoms with Gasteiger partial charge in [-0.15, -0.1) is 0 Å². The zero-order valence-corrected chi connectivity index (χ0v) is 22.0. The average molecular weight is 504 g/mol. The van der Waals surface area contributed by atoms with Crippen molar-refractivity contribution in [2.24, 2.45) is 5.92 Å². The molecule has 9 nitrogen and oxygen atoms in total. The molecule has 2 fully saturated rings. The molecule has 2 aromatic heterocycles. The van der Waals surface area contributed by atoms with Gasteiger partial charge in [-0.2, -0.15) is 0 Å². The lowest BCUT2D eigenvalue weighted by molar-refractivity contribution is -0.139. The number of likely N-dealkylation sites (N-methyl/N-ethyl adjacent to an activating group) is 1. The standard InChI is InChI=1S/C28H37N7O2/c1-18(29-3)27(36)33-26(20-10-5-4-6-11-20)28(37)34-15-9-14-24(34)22-16-25(32-19(2)31-22)35-17-30-21-12-7-8-13-23(21)35/h7-8,12-13,16-18,20,24,26,29H,4-6,9-11,14-15H2,1-3H3,(H,33,36). The number of hydrogen-bond acceptors (Lipinski definition) is 6. The molecule has 196 valence electrons. The predicted molar refractivity (Wildman–Crippen MR) is 142 cm³/mol. The first kappa shape index (κ1) is 25.3. The summed E-state index contributed by atoms with van der Waals surface area (Å²) in [6, 6.07) is 8.93. The molecule has 37 heavy (non-hydrogen) atoms. The van der Waals surface area contributed by atoms with E-state index in [9.17, 15) is 9.59 Å². The number of amides is 2. The van der Waals surface area contributed by atoms with Crippen LogP contribution >= 0.6 is 0 Å². The van der Waals surface area contributed by atoms with Gasteiger partial charge in [-0.1, -0.05) is 31.4 Å². The van der Waals surface area contributed by atoms with E-state index in [4.69, 9.17) is 4.98 Å². The Hall–Kier alpha value is -3.33. The van der Waals surface area contributed by atoms with Gasteiger partial charge >= 0.3 is 0 Å². The number of nitrogens with one attached hydrogen (secondary N) is 2. The van der Waals surface area contributed by atoms with Gasteiger partial charge in [-0.3, -0.25) is 14.2 Å². The van der Waals surface area contributed by atoms with Crippen molar-refractivity contribution in [2.75, 3.05) is 13.6 Å². The van der Waals surface area contributed by atoms with E-state index < -0.39 is 6.04 Å². The highest BCUT2D eigenvalue weighted by molar-refractivity contribution is 5.90. The minimum Gasteiger partial charge on any atom is -0.343 e. The number of likely N-dealkylation sites (tertiary alicyclic amines) is 1. The molecule has 0 bridgehead atoms. The van der Waals surface area contributed by atoms with Gasteiger partial charge in [0.05, 0.1) is 28.8 Å². The summed E-state index contributed by atoms with van der Waals surface area (Å²) < 4.78 is 1.97. The Bertz CT molecular complexity index is 1270. The van der Waals surface area contributed by atoms with Gasteiger partial charge in [0.25, 0.3) is 0 Å². The molecule has 3 unspecified atom stereocenters. The number of carbonyl (C=O) groups is 2. The Kier molecular flexibility index (Phi) is 7.50. The molecule has 9 heteroatoms. The second-order valence-electron chi connectivity index (χ2n) is 10.4. The molecule has 0 spiro atoms. The van der Waals surface area contributed by atoms with Crippen LogP contribution in [0.2, 0.25) is 0 Å². The molecule has 5 rings (SSSR count). The van der Waals surface area contributed by atoms with E-state index in [-0.39, 0.29) is 29.8 Å². The Morgan fingerprint density at radius 2 is 1.84 bits per heavy atom. The Labute approximate surface area is 218 Å². The van der Waals surface area contributed by atoms with E-state index in [1.54, 1.807) is 13.4 Å². The van der Waals surface area contributed by atoms with Crippen molar-refractivity contribution in [1.82, 2.24) is 35.1 Å². The van der Waals surface area contributed by atoms with Gasteiger partial charge in [-0.25, -0.2) is 15.0 Å². The van der Waals surface area contributed by atoms with Crippen LogP contribution < -0.4 is 10.6 Å². The van der Waals surface area contributed by atoms with Crippen LogP contribution in [0.25, 0.3) is 16.9 Å². The van der Waals surface area contributed by atoms with Crippen LogP contribution in [-0.2, 0) is 9.59 Å². The fraction of sp³-hybridized carbons (Fsp3) is 0.536. The van der Waals surface area contributed by atoms with Crippen molar-refractivity contribution in [1.29, 1.82) is 0 Å². The smallest absolute Gasteiger partial charge is 0.246 e. The molecule has 2 N–H and O–H groups in total. The number of hydrogen-bond donors (Lipinski definition) is 2. The third-order valence-electron chi connectivity index (χ3n) is 7.93. The predicted octanol–water partition coefficient (Wildman–Crippen LogP) is 3.46. The van der Waals surface area contributed by atoms with Gasteiger partial charge in [0, 0.05) is 12.6 Å². The van der Waals surface area contributed by atoms with Crippen LogP contribution in [0.3, 0.4) is 0 Å².